The van der Waals surface area contributed by atoms with Gasteiger partial charge < -0.3 is 4.74 Å². The summed E-state index contributed by atoms with van der Waals surface area (Å²) in [4.78, 5) is 0. The molecule has 2 heterocycles. The lowest BCUT2D eigenvalue weighted by atomic mass is 9.45. The van der Waals surface area contributed by atoms with Gasteiger partial charge in [-0.1, -0.05) is 22.8 Å². The maximum absolute atomic E-state index is 5.95. The molecule has 4 bridgehead atoms. The Hall–Kier alpha value is -1.62. The average Bonchev–Trinajstić information content (AvgIpc) is 2.83. The number of aromatic nitrogens is 3. The first kappa shape index (κ1) is 12.0. The fourth-order valence-electron chi connectivity index (χ4n) is 3.79. The second-order valence-electron chi connectivity index (χ2n) is 5.99. The van der Waals surface area contributed by atoms with Gasteiger partial charge in [-0.3, -0.25) is 4.40 Å². The van der Waals surface area contributed by atoms with Crippen molar-refractivity contribution < 1.29 is 4.74 Å². The van der Waals surface area contributed by atoms with Gasteiger partial charge in [0.25, 0.3) is 0 Å². The zero-order valence-corrected chi connectivity index (χ0v) is 13.0. The van der Waals surface area contributed by atoms with Crippen LogP contribution in [0, 0.1) is 11.8 Å². The molecule has 0 spiro atoms. The molecular weight excluding hydrogens is 330 g/mol. The Morgan fingerprint density at radius 3 is 3.10 bits per heavy atom. The molecular formula is C16H14BrN3O. The van der Waals surface area contributed by atoms with E-state index in [4.69, 9.17) is 4.74 Å². The maximum Gasteiger partial charge on any atom is 0.164 e. The van der Waals surface area contributed by atoms with Crippen LogP contribution in [0.5, 0.6) is 5.75 Å². The van der Waals surface area contributed by atoms with Crippen LogP contribution in [0.15, 0.2) is 45.9 Å². The Morgan fingerprint density at radius 2 is 2.29 bits per heavy atom. The number of ether oxygens (including phenoxy) is 1. The van der Waals surface area contributed by atoms with Gasteiger partial charge >= 0.3 is 0 Å². The predicted octanol–water partition coefficient (Wildman–Crippen LogP) is 3.54. The van der Waals surface area contributed by atoms with Crippen LogP contribution in [0.1, 0.15) is 19.3 Å². The summed E-state index contributed by atoms with van der Waals surface area (Å²) in [5, 5.41) is 7.94. The molecule has 6 rings (SSSR count). The van der Waals surface area contributed by atoms with Crippen LogP contribution in [-0.4, -0.2) is 21.2 Å². The molecule has 2 aromatic rings. The van der Waals surface area contributed by atoms with Gasteiger partial charge in [-0.05, 0) is 28.8 Å². The van der Waals surface area contributed by atoms with Gasteiger partial charge in [-0.2, -0.15) is 0 Å². The first-order valence-electron chi connectivity index (χ1n) is 7.34. The molecule has 2 aromatic heterocycles. The lowest BCUT2D eigenvalue weighted by Crippen LogP contribution is -2.48. The van der Waals surface area contributed by atoms with Crippen molar-refractivity contribution in [2.24, 2.45) is 11.8 Å². The van der Waals surface area contributed by atoms with Crippen LogP contribution in [0.25, 0.3) is 5.65 Å². The molecule has 106 valence electrons. The first-order chi connectivity index (χ1) is 10.3. The second-order valence-corrected chi connectivity index (χ2v) is 6.84. The lowest BCUT2D eigenvalue weighted by Gasteiger charge is -2.59. The lowest BCUT2D eigenvalue weighted by molar-refractivity contribution is 0.232. The second kappa shape index (κ2) is 4.19. The van der Waals surface area contributed by atoms with Crippen molar-refractivity contribution in [3.05, 3.63) is 45.9 Å². The number of nitrogens with zero attached hydrogens (tertiary/aromatic N) is 3. The fourth-order valence-corrected chi connectivity index (χ4v) is 4.24. The third-order valence-corrected chi connectivity index (χ3v) is 5.63. The third kappa shape index (κ3) is 1.61. The quantitative estimate of drug-likeness (QED) is 0.797. The molecule has 0 radical (unpaired) electrons. The molecule has 4 aliphatic carbocycles. The van der Waals surface area contributed by atoms with Crippen molar-refractivity contribution in [1.29, 1.82) is 0 Å². The zero-order valence-electron chi connectivity index (χ0n) is 11.4. The van der Waals surface area contributed by atoms with E-state index in [-0.39, 0.29) is 0 Å². The van der Waals surface area contributed by atoms with Crippen LogP contribution in [-0.2, 0) is 0 Å². The number of hydrogen-bond acceptors (Lipinski definition) is 3. The van der Waals surface area contributed by atoms with Gasteiger partial charge in [0.15, 0.2) is 5.65 Å². The highest BCUT2D eigenvalue weighted by Crippen LogP contribution is 2.66. The summed E-state index contributed by atoms with van der Waals surface area (Å²) in [7, 11) is 0. The molecule has 0 aliphatic heterocycles. The van der Waals surface area contributed by atoms with E-state index >= 15 is 0 Å². The van der Waals surface area contributed by atoms with Crippen LogP contribution < -0.4 is 4.74 Å². The van der Waals surface area contributed by atoms with Gasteiger partial charge in [0.2, 0.25) is 0 Å². The van der Waals surface area contributed by atoms with E-state index < -0.39 is 0 Å². The minimum Gasteiger partial charge on any atom is -0.492 e. The van der Waals surface area contributed by atoms with Crippen molar-refractivity contribution in [2.75, 3.05) is 6.61 Å². The standard InChI is InChI=1S/C16H14BrN3O/c17-13-7-20-8-18-19-15(20)6-14(13)21-4-3-9-1-2-10-11-5-12(10)16(9)11/h2,6-8,11-12H,1,3-5H2. The van der Waals surface area contributed by atoms with E-state index in [1.165, 1.54) is 6.42 Å². The number of hydrogen-bond donors (Lipinski definition) is 0. The van der Waals surface area contributed by atoms with Gasteiger partial charge in [0.05, 0.1) is 11.1 Å². The largest absolute Gasteiger partial charge is 0.492 e. The number of fused-ring (bicyclic) bond motifs is 1. The van der Waals surface area contributed by atoms with Crippen molar-refractivity contribution >= 4 is 21.6 Å². The van der Waals surface area contributed by atoms with E-state index in [2.05, 4.69) is 32.2 Å². The van der Waals surface area contributed by atoms with E-state index in [1.807, 2.05) is 16.7 Å². The third-order valence-electron chi connectivity index (χ3n) is 5.03. The number of allylic oxidation sites excluding steroid dienone is 3. The molecule has 4 aliphatic rings. The smallest absolute Gasteiger partial charge is 0.164 e. The summed E-state index contributed by atoms with van der Waals surface area (Å²) in [5.41, 5.74) is 5.88. The SMILES string of the molecule is Brc1cn2cnnc2cc1OCCC1=C2C3CC2C3=CC1. The topological polar surface area (TPSA) is 39.4 Å². The first-order valence-corrected chi connectivity index (χ1v) is 8.14. The van der Waals surface area contributed by atoms with Crippen LogP contribution in [0.4, 0.5) is 0 Å². The van der Waals surface area contributed by atoms with Gasteiger partial charge in [-0.15, -0.1) is 10.2 Å². The molecule has 0 saturated heterocycles. The Kier molecular flexibility index (Phi) is 2.39. The summed E-state index contributed by atoms with van der Waals surface area (Å²) >= 11 is 3.54. The molecule has 0 amide bonds. The van der Waals surface area contributed by atoms with E-state index in [1.54, 1.807) is 23.0 Å². The van der Waals surface area contributed by atoms with Crippen LogP contribution in [0.2, 0.25) is 0 Å². The van der Waals surface area contributed by atoms with E-state index in [0.29, 0.717) is 0 Å². The average molecular weight is 344 g/mol. The Labute approximate surface area is 130 Å². The molecule has 0 N–H and O–H groups in total. The minimum absolute atomic E-state index is 0.727. The molecule has 2 atom stereocenters. The summed E-state index contributed by atoms with van der Waals surface area (Å²) < 4.78 is 8.76. The summed E-state index contributed by atoms with van der Waals surface area (Å²) in [6.07, 6.45) is 9.65. The van der Waals surface area contributed by atoms with Crippen LogP contribution >= 0.6 is 15.9 Å². The summed E-state index contributed by atoms with van der Waals surface area (Å²) in [6.45, 7) is 0.727. The normalized spacial score (nSPS) is 25.5. The van der Waals surface area contributed by atoms with E-state index in [9.17, 15) is 0 Å². The number of halogens is 1. The van der Waals surface area contributed by atoms with Gasteiger partial charge in [-0.25, -0.2) is 0 Å². The molecule has 0 aromatic carbocycles. The summed E-state index contributed by atoms with van der Waals surface area (Å²) in [6, 6.07) is 1.93. The van der Waals surface area contributed by atoms with Gasteiger partial charge in [0.1, 0.15) is 12.1 Å². The Morgan fingerprint density at radius 1 is 1.38 bits per heavy atom. The Bertz CT molecular complexity index is 806. The van der Waals surface area contributed by atoms with E-state index in [0.717, 1.165) is 47.2 Å². The monoisotopic (exact) mass is 343 g/mol. The molecule has 5 heteroatoms. The zero-order chi connectivity index (χ0) is 14.0. The molecule has 2 unspecified atom stereocenters. The van der Waals surface area contributed by atoms with Crippen molar-refractivity contribution in [1.82, 2.24) is 14.6 Å². The number of pyridine rings is 1. The highest BCUT2D eigenvalue weighted by molar-refractivity contribution is 9.10. The van der Waals surface area contributed by atoms with Crippen molar-refractivity contribution in [3.8, 4) is 5.75 Å². The predicted molar refractivity (Wildman–Crippen MR) is 82.1 cm³/mol. The number of rotatable bonds is 4. The van der Waals surface area contributed by atoms with Crippen LogP contribution in [0.3, 0.4) is 0 Å². The molecule has 3 fully saturated rings. The Balaban J connectivity index is 1.30. The van der Waals surface area contributed by atoms with Crippen molar-refractivity contribution in [3.63, 3.8) is 0 Å². The highest BCUT2D eigenvalue weighted by atomic mass is 79.9. The molecule has 3 saturated carbocycles. The van der Waals surface area contributed by atoms with Crippen molar-refractivity contribution in [2.45, 2.75) is 19.3 Å². The maximum atomic E-state index is 5.95. The van der Waals surface area contributed by atoms with Gasteiger partial charge in [0, 0.05) is 30.5 Å². The fraction of sp³-hybridized carbons (Fsp3) is 0.375. The highest BCUT2D eigenvalue weighted by Gasteiger charge is 2.54. The molecule has 4 nitrogen and oxygen atoms in total. The molecule has 21 heavy (non-hydrogen) atoms. The minimum atomic E-state index is 0.727. The summed E-state index contributed by atoms with van der Waals surface area (Å²) in [5.74, 6) is 2.50.